The van der Waals surface area contributed by atoms with Gasteiger partial charge in [-0.2, -0.15) is 11.8 Å². The zero-order chi connectivity index (χ0) is 30.5. The fourth-order valence-electron chi connectivity index (χ4n) is 4.09. The van der Waals surface area contributed by atoms with Gasteiger partial charge >= 0.3 is 5.97 Å². The number of phenols is 2. The number of benzene rings is 2. The molecule has 0 saturated heterocycles. The van der Waals surface area contributed by atoms with Gasteiger partial charge in [0.2, 0.25) is 17.7 Å². The van der Waals surface area contributed by atoms with Crippen LogP contribution in [0.3, 0.4) is 0 Å². The number of phenolic OH excluding ortho intramolecular Hbond substituents is 2. The number of amides is 3. The third-order valence-electron chi connectivity index (χ3n) is 6.31. The Morgan fingerprint density at radius 1 is 0.756 bits per heavy atom. The lowest BCUT2D eigenvalue weighted by atomic mass is 10.0. The SMILES string of the molecule is CSCCC(NC(=O)C(Cc1ccc(O)cc1)NC(=O)C(Cc1ccc(O)cc1)NC(=O)C(N)CC(C)C)C(=O)O. The van der Waals surface area contributed by atoms with Crippen LogP contribution in [-0.2, 0) is 32.0 Å². The zero-order valence-electron chi connectivity index (χ0n) is 23.5. The van der Waals surface area contributed by atoms with Crippen LogP contribution in [0.4, 0.5) is 0 Å². The Morgan fingerprint density at radius 2 is 1.17 bits per heavy atom. The fourth-order valence-corrected chi connectivity index (χ4v) is 4.56. The molecule has 12 heteroatoms. The molecule has 0 radical (unpaired) electrons. The second kappa shape index (κ2) is 16.5. The molecule has 4 atom stereocenters. The van der Waals surface area contributed by atoms with Crippen molar-refractivity contribution in [3.8, 4) is 11.5 Å². The molecule has 0 aliphatic carbocycles. The highest BCUT2D eigenvalue weighted by atomic mass is 32.2. The number of carboxylic acids is 1. The van der Waals surface area contributed by atoms with Crippen molar-refractivity contribution in [2.45, 2.75) is 63.7 Å². The lowest BCUT2D eigenvalue weighted by Crippen LogP contribution is -2.58. The van der Waals surface area contributed by atoms with Crippen molar-refractivity contribution in [2.75, 3.05) is 12.0 Å². The molecule has 0 spiro atoms. The molecule has 0 aromatic heterocycles. The van der Waals surface area contributed by atoms with Crippen LogP contribution >= 0.6 is 11.8 Å². The van der Waals surface area contributed by atoms with Gasteiger partial charge in [0.25, 0.3) is 0 Å². The number of aromatic hydroxyl groups is 2. The van der Waals surface area contributed by atoms with Gasteiger partial charge < -0.3 is 37.0 Å². The summed E-state index contributed by atoms with van der Waals surface area (Å²) in [5.41, 5.74) is 7.30. The van der Waals surface area contributed by atoms with Crippen LogP contribution in [0.2, 0.25) is 0 Å². The summed E-state index contributed by atoms with van der Waals surface area (Å²) in [7, 11) is 0. The number of rotatable bonds is 16. The van der Waals surface area contributed by atoms with E-state index in [1.165, 1.54) is 36.0 Å². The van der Waals surface area contributed by atoms with E-state index < -0.39 is 47.9 Å². The molecule has 8 N–H and O–H groups in total. The number of carbonyl (C=O) groups is 4. The molecular weight excluding hydrogens is 548 g/mol. The molecule has 2 aromatic rings. The largest absolute Gasteiger partial charge is 0.508 e. The van der Waals surface area contributed by atoms with Crippen molar-refractivity contribution in [3.63, 3.8) is 0 Å². The maximum absolute atomic E-state index is 13.6. The number of aliphatic carboxylic acids is 1. The van der Waals surface area contributed by atoms with Gasteiger partial charge in [0, 0.05) is 12.8 Å². The summed E-state index contributed by atoms with van der Waals surface area (Å²) in [5.74, 6) is -2.38. The first-order valence-electron chi connectivity index (χ1n) is 13.3. The van der Waals surface area contributed by atoms with Gasteiger partial charge in [-0.3, -0.25) is 14.4 Å². The molecule has 11 nitrogen and oxygen atoms in total. The van der Waals surface area contributed by atoms with Crippen molar-refractivity contribution in [2.24, 2.45) is 11.7 Å². The third kappa shape index (κ3) is 11.7. The smallest absolute Gasteiger partial charge is 0.326 e. The zero-order valence-corrected chi connectivity index (χ0v) is 24.3. The van der Waals surface area contributed by atoms with Crippen LogP contribution in [0.15, 0.2) is 48.5 Å². The lowest BCUT2D eigenvalue weighted by molar-refractivity contribution is -0.142. The summed E-state index contributed by atoms with van der Waals surface area (Å²) in [6, 6.07) is 7.87. The van der Waals surface area contributed by atoms with E-state index in [0.717, 1.165) is 0 Å². The maximum Gasteiger partial charge on any atom is 0.326 e. The molecule has 0 bridgehead atoms. The van der Waals surface area contributed by atoms with Crippen molar-refractivity contribution in [1.29, 1.82) is 0 Å². The van der Waals surface area contributed by atoms with Crippen molar-refractivity contribution in [1.82, 2.24) is 16.0 Å². The Balaban J connectivity index is 2.33. The topological polar surface area (TPSA) is 191 Å². The maximum atomic E-state index is 13.6. The number of carboxylic acid groups (broad SMARTS) is 1. The van der Waals surface area contributed by atoms with Crippen molar-refractivity contribution < 1.29 is 34.5 Å². The monoisotopic (exact) mass is 588 g/mol. The van der Waals surface area contributed by atoms with E-state index in [1.54, 1.807) is 24.3 Å². The first-order valence-corrected chi connectivity index (χ1v) is 14.7. The molecule has 3 amide bonds. The van der Waals surface area contributed by atoms with E-state index in [9.17, 15) is 34.5 Å². The molecule has 2 aromatic carbocycles. The Morgan fingerprint density at radius 3 is 1.56 bits per heavy atom. The second-order valence-electron chi connectivity index (χ2n) is 10.3. The molecule has 41 heavy (non-hydrogen) atoms. The number of carbonyl (C=O) groups excluding carboxylic acids is 3. The standard InChI is InChI=1S/C29H40N4O7S/c1-17(2)14-22(30)26(36)32-24(15-18-4-8-20(34)9-5-18)28(38)33-25(16-19-6-10-21(35)11-7-19)27(37)31-23(29(39)40)12-13-41-3/h4-11,17,22-25,34-35H,12-16,30H2,1-3H3,(H,31,37)(H,32,36)(H,33,38)(H,39,40). The summed E-state index contributed by atoms with van der Waals surface area (Å²) in [6.07, 6.45) is 2.46. The Kier molecular flexibility index (Phi) is 13.4. The number of nitrogens with one attached hydrogen (secondary N) is 3. The first-order chi connectivity index (χ1) is 19.4. The highest BCUT2D eigenvalue weighted by molar-refractivity contribution is 7.98. The first kappa shape index (κ1) is 33.4. The molecule has 4 unspecified atom stereocenters. The van der Waals surface area contributed by atoms with Gasteiger partial charge in [-0.25, -0.2) is 4.79 Å². The van der Waals surface area contributed by atoms with Crippen LogP contribution < -0.4 is 21.7 Å². The van der Waals surface area contributed by atoms with Crippen LogP contribution in [0.5, 0.6) is 11.5 Å². The fraction of sp³-hybridized carbons (Fsp3) is 0.448. The Hall–Kier alpha value is -3.77. The molecule has 0 saturated carbocycles. The van der Waals surface area contributed by atoms with E-state index in [1.807, 2.05) is 20.1 Å². The second-order valence-corrected chi connectivity index (χ2v) is 11.3. The predicted molar refractivity (Wildman–Crippen MR) is 157 cm³/mol. The highest BCUT2D eigenvalue weighted by Crippen LogP contribution is 2.14. The van der Waals surface area contributed by atoms with Gasteiger partial charge in [-0.1, -0.05) is 38.1 Å². The number of thioether (sulfide) groups is 1. The third-order valence-corrected chi connectivity index (χ3v) is 6.95. The van der Waals surface area contributed by atoms with E-state index in [4.69, 9.17) is 5.73 Å². The summed E-state index contributed by atoms with van der Waals surface area (Å²) in [5, 5.41) is 36.8. The van der Waals surface area contributed by atoms with E-state index in [-0.39, 0.29) is 36.7 Å². The van der Waals surface area contributed by atoms with Gasteiger partial charge in [0.1, 0.15) is 29.6 Å². The predicted octanol–water partition coefficient (Wildman–Crippen LogP) is 1.55. The molecule has 0 aliphatic heterocycles. The summed E-state index contributed by atoms with van der Waals surface area (Å²) in [6.45, 7) is 3.84. The van der Waals surface area contributed by atoms with Gasteiger partial charge in [0.15, 0.2) is 0 Å². The van der Waals surface area contributed by atoms with Crippen LogP contribution in [0.1, 0.15) is 37.8 Å². The van der Waals surface area contributed by atoms with E-state index in [0.29, 0.717) is 23.3 Å². The normalized spacial score (nSPS) is 14.0. The van der Waals surface area contributed by atoms with Crippen LogP contribution in [0, 0.1) is 5.92 Å². The summed E-state index contributed by atoms with van der Waals surface area (Å²) < 4.78 is 0. The van der Waals surface area contributed by atoms with Crippen molar-refractivity contribution in [3.05, 3.63) is 59.7 Å². The molecule has 0 aliphatic rings. The van der Waals surface area contributed by atoms with Crippen molar-refractivity contribution >= 4 is 35.5 Å². The average Bonchev–Trinajstić information content (AvgIpc) is 2.91. The molecular formula is C29H40N4O7S. The Bertz CT molecular complexity index is 1160. The summed E-state index contributed by atoms with van der Waals surface area (Å²) in [4.78, 5) is 51.5. The van der Waals surface area contributed by atoms with E-state index >= 15 is 0 Å². The molecule has 2 rings (SSSR count). The van der Waals surface area contributed by atoms with Gasteiger partial charge in [-0.15, -0.1) is 0 Å². The van der Waals surface area contributed by atoms with Crippen LogP contribution in [-0.4, -0.2) is 75.2 Å². The minimum Gasteiger partial charge on any atom is -0.508 e. The summed E-state index contributed by atoms with van der Waals surface area (Å²) >= 11 is 1.44. The Labute approximate surface area is 244 Å². The number of nitrogens with two attached hydrogens (primary N) is 1. The number of hydrogen-bond donors (Lipinski definition) is 7. The van der Waals surface area contributed by atoms with Gasteiger partial charge in [-0.05, 0) is 66.2 Å². The lowest BCUT2D eigenvalue weighted by Gasteiger charge is -2.26. The highest BCUT2D eigenvalue weighted by Gasteiger charge is 2.31. The van der Waals surface area contributed by atoms with Crippen LogP contribution in [0.25, 0.3) is 0 Å². The number of hydrogen-bond acceptors (Lipinski definition) is 8. The molecule has 0 fully saturated rings. The van der Waals surface area contributed by atoms with Gasteiger partial charge in [0.05, 0.1) is 6.04 Å². The van der Waals surface area contributed by atoms with E-state index in [2.05, 4.69) is 16.0 Å². The average molecular weight is 589 g/mol. The minimum absolute atomic E-state index is 0.000536. The molecule has 224 valence electrons. The quantitative estimate of drug-likeness (QED) is 0.152. The minimum atomic E-state index is -1.20. The molecule has 0 heterocycles.